The Morgan fingerprint density at radius 1 is 1.42 bits per heavy atom. The van der Waals surface area contributed by atoms with Crippen molar-refractivity contribution in [3.8, 4) is 5.69 Å². The summed E-state index contributed by atoms with van der Waals surface area (Å²) in [7, 11) is 0. The van der Waals surface area contributed by atoms with Gasteiger partial charge in [0, 0.05) is 19.3 Å². The van der Waals surface area contributed by atoms with Gasteiger partial charge in [0.2, 0.25) is 0 Å². The van der Waals surface area contributed by atoms with E-state index in [1.165, 1.54) is 6.26 Å². The van der Waals surface area contributed by atoms with Gasteiger partial charge in [-0.05, 0) is 31.7 Å². The van der Waals surface area contributed by atoms with Crippen molar-refractivity contribution in [3.05, 3.63) is 35.9 Å². The van der Waals surface area contributed by atoms with Crippen molar-refractivity contribution in [2.24, 2.45) is 0 Å². The molecule has 0 amide bonds. The fraction of sp³-hybridized carbons (Fsp3) is 0.467. The average molecular weight is 379 g/mol. The lowest BCUT2D eigenvalue weighted by molar-refractivity contribution is -0.129. The van der Waals surface area contributed by atoms with E-state index >= 15 is 0 Å². The van der Waals surface area contributed by atoms with Crippen LogP contribution in [0, 0.1) is 0 Å². The lowest BCUT2D eigenvalue weighted by atomic mass is 10.2. The van der Waals surface area contributed by atoms with Crippen LogP contribution in [0.3, 0.4) is 0 Å². The second-order valence-electron chi connectivity index (χ2n) is 5.10. The molecule has 0 aliphatic carbocycles. The van der Waals surface area contributed by atoms with Gasteiger partial charge in [-0.1, -0.05) is 11.6 Å². The van der Waals surface area contributed by atoms with Gasteiger partial charge in [0.1, 0.15) is 5.25 Å². The molecule has 1 unspecified atom stereocenters. The molecule has 0 aliphatic heterocycles. The molecule has 0 radical (unpaired) electrons. The molecule has 2 aromatic heterocycles. The molecular formula is C15H18ClF3N4S. The van der Waals surface area contributed by atoms with Gasteiger partial charge in [0.05, 0.1) is 23.8 Å². The van der Waals surface area contributed by atoms with Crippen LogP contribution in [-0.2, 0) is 0 Å². The maximum Gasteiger partial charge on any atom is 0.400 e. The van der Waals surface area contributed by atoms with E-state index in [9.17, 15) is 13.2 Å². The molecule has 0 aromatic carbocycles. The minimum Gasteiger partial charge on any atom is -0.368 e. The normalized spacial score (nSPS) is 13.1. The summed E-state index contributed by atoms with van der Waals surface area (Å²) in [6.07, 6.45) is 2.26. The topological polar surface area (TPSA) is 34.0 Å². The molecule has 132 valence electrons. The van der Waals surface area contributed by atoms with Gasteiger partial charge in [0.15, 0.2) is 5.15 Å². The number of alkyl halides is 3. The van der Waals surface area contributed by atoms with Crippen LogP contribution in [0.4, 0.5) is 18.9 Å². The van der Waals surface area contributed by atoms with Gasteiger partial charge in [-0.25, -0.2) is 4.68 Å². The second kappa shape index (κ2) is 8.11. The van der Waals surface area contributed by atoms with E-state index in [0.29, 0.717) is 12.2 Å². The van der Waals surface area contributed by atoms with Crippen molar-refractivity contribution in [1.82, 2.24) is 14.8 Å². The number of nitrogens with zero attached hydrogens (tertiary/aromatic N) is 4. The Balaban J connectivity index is 2.15. The van der Waals surface area contributed by atoms with Crippen LogP contribution in [-0.4, -0.2) is 45.5 Å². The van der Waals surface area contributed by atoms with E-state index < -0.39 is 11.4 Å². The number of anilines is 1. The smallest absolute Gasteiger partial charge is 0.368 e. The van der Waals surface area contributed by atoms with Crippen molar-refractivity contribution in [2.45, 2.75) is 24.8 Å². The SMILES string of the molecule is CCN(CCC(SC)C(F)(F)F)c1cn(-c2cccnc2)nc1Cl. The first-order chi connectivity index (χ1) is 11.4. The molecule has 2 aromatic rings. The van der Waals surface area contributed by atoms with Gasteiger partial charge < -0.3 is 4.90 Å². The molecule has 0 aliphatic rings. The van der Waals surface area contributed by atoms with E-state index in [0.717, 1.165) is 17.4 Å². The Morgan fingerprint density at radius 2 is 2.17 bits per heavy atom. The van der Waals surface area contributed by atoms with Crippen LogP contribution in [0.1, 0.15) is 13.3 Å². The van der Waals surface area contributed by atoms with Crippen molar-refractivity contribution in [2.75, 3.05) is 24.2 Å². The van der Waals surface area contributed by atoms with Crippen LogP contribution in [0.5, 0.6) is 0 Å². The Kier molecular flexibility index (Phi) is 6.40. The van der Waals surface area contributed by atoms with Crippen molar-refractivity contribution in [3.63, 3.8) is 0 Å². The van der Waals surface area contributed by atoms with Crippen molar-refractivity contribution >= 4 is 29.1 Å². The summed E-state index contributed by atoms with van der Waals surface area (Å²) >= 11 is 7.00. The summed E-state index contributed by atoms with van der Waals surface area (Å²) in [5.41, 5.74) is 1.35. The Hall–Kier alpha value is -1.41. The van der Waals surface area contributed by atoms with Crippen LogP contribution < -0.4 is 4.90 Å². The van der Waals surface area contributed by atoms with Crippen LogP contribution in [0.2, 0.25) is 5.15 Å². The fourth-order valence-corrected chi connectivity index (χ4v) is 3.17. The first-order valence-corrected chi connectivity index (χ1v) is 9.03. The molecule has 2 rings (SSSR count). The zero-order valence-electron chi connectivity index (χ0n) is 13.3. The number of hydrogen-bond donors (Lipinski definition) is 0. The van der Waals surface area contributed by atoms with Crippen LogP contribution in [0.15, 0.2) is 30.7 Å². The summed E-state index contributed by atoms with van der Waals surface area (Å²) in [6, 6.07) is 3.60. The predicted octanol–water partition coefficient (Wildman–Crippen LogP) is 4.43. The highest BCUT2D eigenvalue weighted by Gasteiger charge is 2.38. The lowest BCUT2D eigenvalue weighted by Gasteiger charge is -2.25. The van der Waals surface area contributed by atoms with Crippen LogP contribution >= 0.6 is 23.4 Å². The molecule has 0 spiro atoms. The highest BCUT2D eigenvalue weighted by molar-refractivity contribution is 7.99. The maximum atomic E-state index is 12.9. The number of hydrogen-bond acceptors (Lipinski definition) is 4. The summed E-state index contributed by atoms with van der Waals surface area (Å²) in [6.45, 7) is 2.66. The summed E-state index contributed by atoms with van der Waals surface area (Å²) in [5.74, 6) is 0. The molecule has 9 heteroatoms. The summed E-state index contributed by atoms with van der Waals surface area (Å²) in [4.78, 5) is 5.82. The Morgan fingerprint density at radius 3 is 2.71 bits per heavy atom. The van der Waals surface area contributed by atoms with E-state index in [4.69, 9.17) is 11.6 Å². The lowest BCUT2D eigenvalue weighted by Crippen LogP contribution is -2.32. The molecule has 0 saturated heterocycles. The van der Waals surface area contributed by atoms with Crippen molar-refractivity contribution in [1.29, 1.82) is 0 Å². The summed E-state index contributed by atoms with van der Waals surface area (Å²) < 4.78 is 40.3. The van der Waals surface area contributed by atoms with E-state index in [1.54, 1.807) is 34.2 Å². The van der Waals surface area contributed by atoms with E-state index in [1.807, 2.05) is 13.0 Å². The zero-order chi connectivity index (χ0) is 17.7. The van der Waals surface area contributed by atoms with Crippen LogP contribution in [0.25, 0.3) is 5.69 Å². The fourth-order valence-electron chi connectivity index (χ4n) is 2.31. The third-order valence-electron chi connectivity index (χ3n) is 3.60. The highest BCUT2D eigenvalue weighted by Crippen LogP contribution is 2.33. The minimum absolute atomic E-state index is 0.00704. The van der Waals surface area contributed by atoms with Crippen molar-refractivity contribution < 1.29 is 13.2 Å². The molecule has 0 fully saturated rings. The number of rotatable bonds is 7. The quantitative estimate of drug-likeness (QED) is 0.713. The molecule has 4 nitrogen and oxygen atoms in total. The highest BCUT2D eigenvalue weighted by atomic mass is 35.5. The third kappa shape index (κ3) is 4.57. The summed E-state index contributed by atoms with van der Waals surface area (Å²) in [5, 5.41) is 3.09. The Bertz CT molecular complexity index is 648. The molecule has 0 bridgehead atoms. The Labute approximate surface area is 148 Å². The molecule has 24 heavy (non-hydrogen) atoms. The molecule has 0 N–H and O–H groups in total. The monoisotopic (exact) mass is 378 g/mol. The largest absolute Gasteiger partial charge is 0.400 e. The number of halogens is 4. The standard InChI is InChI=1S/C15H18ClF3N4S/c1-3-22(8-6-13(24-2)15(17,18)19)12-10-23(21-14(12)16)11-5-4-7-20-9-11/h4-5,7,9-10,13H,3,6,8H2,1-2H3. The zero-order valence-corrected chi connectivity index (χ0v) is 14.9. The second-order valence-corrected chi connectivity index (χ2v) is 6.49. The molecule has 2 heterocycles. The molecule has 1 atom stereocenters. The van der Waals surface area contributed by atoms with Gasteiger partial charge in [0.25, 0.3) is 0 Å². The molecular weight excluding hydrogens is 361 g/mol. The van der Waals surface area contributed by atoms with E-state index in [2.05, 4.69) is 10.1 Å². The van der Waals surface area contributed by atoms with Gasteiger partial charge >= 0.3 is 6.18 Å². The molecule has 0 saturated carbocycles. The van der Waals surface area contributed by atoms with Gasteiger partial charge in [-0.3, -0.25) is 4.98 Å². The first kappa shape index (κ1) is 18.9. The third-order valence-corrected chi connectivity index (χ3v) is 4.94. The average Bonchev–Trinajstić information content (AvgIpc) is 2.93. The number of pyridine rings is 1. The predicted molar refractivity (Wildman–Crippen MR) is 92.2 cm³/mol. The van der Waals surface area contributed by atoms with E-state index in [-0.39, 0.29) is 18.1 Å². The maximum absolute atomic E-state index is 12.9. The number of aromatic nitrogens is 3. The minimum atomic E-state index is -4.21. The van der Waals surface area contributed by atoms with Gasteiger partial charge in [-0.15, -0.1) is 0 Å². The first-order valence-electron chi connectivity index (χ1n) is 7.36. The number of thioether (sulfide) groups is 1. The van der Waals surface area contributed by atoms with Gasteiger partial charge in [-0.2, -0.15) is 30.0 Å².